The van der Waals surface area contributed by atoms with Gasteiger partial charge in [-0.05, 0) is 60.2 Å². The van der Waals surface area contributed by atoms with Crippen LogP contribution in [-0.2, 0) is 28.9 Å². The number of ether oxygens (including phenoxy) is 3. The van der Waals surface area contributed by atoms with Crippen molar-refractivity contribution in [3.8, 4) is 5.75 Å². The lowest BCUT2D eigenvalue weighted by molar-refractivity contribution is -0.114. The second-order valence-electron chi connectivity index (χ2n) is 14.2. The molecule has 11 nitrogen and oxygen atoms in total. The Kier molecular flexibility index (Phi) is 10.9. The van der Waals surface area contributed by atoms with Gasteiger partial charge in [0.1, 0.15) is 35.6 Å². The number of carbonyl (C=O) groups is 1. The summed E-state index contributed by atoms with van der Waals surface area (Å²) < 4.78 is 37.2. The van der Waals surface area contributed by atoms with E-state index in [2.05, 4.69) is 70.4 Å². The molecule has 4 heterocycles. The number of anilines is 1. The monoisotopic (exact) mass is 760 g/mol. The van der Waals surface area contributed by atoms with Crippen LogP contribution in [0.1, 0.15) is 66.3 Å². The van der Waals surface area contributed by atoms with Gasteiger partial charge in [-0.15, -0.1) is 0 Å². The first-order valence-electron chi connectivity index (χ1n) is 18.7. The molecule has 5 unspecified atom stereocenters. The predicted octanol–water partition coefficient (Wildman–Crippen LogP) is 7.66. The molecule has 1 aromatic heterocycles. The molecule has 1 N–H and O–H groups in total. The number of carbonyl (C=O) groups excluding carboxylic acids is 1. The van der Waals surface area contributed by atoms with E-state index >= 15 is 0 Å². The summed E-state index contributed by atoms with van der Waals surface area (Å²) in [7, 11) is 0.210. The highest BCUT2D eigenvalue weighted by atomic mass is 31.2. The van der Waals surface area contributed by atoms with Gasteiger partial charge in [-0.1, -0.05) is 103 Å². The number of amides is 1. The Morgan fingerprint density at radius 1 is 0.927 bits per heavy atom. The maximum atomic E-state index is 13.4. The summed E-state index contributed by atoms with van der Waals surface area (Å²) in [6.45, 7) is 4.44. The average Bonchev–Trinajstić information content (AvgIpc) is 3.93. The third kappa shape index (κ3) is 7.61. The van der Waals surface area contributed by atoms with Crippen molar-refractivity contribution in [2.45, 2.75) is 69.3 Å². The lowest BCUT2D eigenvalue weighted by Crippen LogP contribution is -2.38. The van der Waals surface area contributed by atoms with E-state index in [9.17, 15) is 9.59 Å². The Hall–Kier alpha value is -4.74. The highest BCUT2D eigenvalue weighted by Crippen LogP contribution is 2.61. The number of nitrogens with one attached hydrogen (secondary N) is 1. The fourth-order valence-electron chi connectivity index (χ4n) is 7.90. The summed E-state index contributed by atoms with van der Waals surface area (Å²) in [6, 6.07) is 38.7. The fraction of sp³-hybridized carbons (Fsp3) is 0.326. The van der Waals surface area contributed by atoms with Gasteiger partial charge in [-0.25, -0.2) is 9.46 Å². The molecule has 55 heavy (non-hydrogen) atoms. The third-order valence-corrected chi connectivity index (χ3v) is 12.4. The molecule has 0 saturated carbocycles. The molecule has 3 fully saturated rings. The number of hydrogen-bond acceptors (Lipinski definition) is 9. The molecule has 284 valence electrons. The van der Waals surface area contributed by atoms with Gasteiger partial charge >= 0.3 is 5.69 Å². The first-order chi connectivity index (χ1) is 26.8. The maximum absolute atomic E-state index is 13.4. The average molecular weight is 761 g/mol. The van der Waals surface area contributed by atoms with Gasteiger partial charge in [0.25, 0.3) is 8.53 Å². The molecule has 7 atom stereocenters. The molecule has 0 aliphatic carbocycles. The first kappa shape index (κ1) is 37.2. The van der Waals surface area contributed by atoms with Crippen molar-refractivity contribution in [3.05, 3.63) is 160 Å². The van der Waals surface area contributed by atoms with Crippen molar-refractivity contribution >= 4 is 20.3 Å². The van der Waals surface area contributed by atoms with E-state index in [1.54, 1.807) is 19.4 Å². The Morgan fingerprint density at radius 3 is 2.27 bits per heavy atom. The van der Waals surface area contributed by atoms with E-state index in [0.29, 0.717) is 6.42 Å². The summed E-state index contributed by atoms with van der Waals surface area (Å²) in [5.41, 5.74) is 3.49. The highest BCUT2D eigenvalue weighted by Gasteiger charge is 2.51. The summed E-state index contributed by atoms with van der Waals surface area (Å²) in [6.07, 6.45) is 2.16. The molecule has 3 aliphatic rings. The fourth-order valence-corrected chi connectivity index (χ4v) is 9.89. The van der Waals surface area contributed by atoms with E-state index in [1.807, 2.05) is 60.7 Å². The summed E-state index contributed by atoms with van der Waals surface area (Å²) in [5, 5.41) is 2.59. The van der Waals surface area contributed by atoms with Gasteiger partial charge in [0.05, 0.1) is 19.8 Å². The minimum absolute atomic E-state index is 0.0990. The zero-order valence-corrected chi connectivity index (χ0v) is 32.0. The van der Waals surface area contributed by atoms with Crippen molar-refractivity contribution in [1.29, 1.82) is 0 Å². The standard InChI is InChI=1S/C43H45N4O7P/c1-29-16-18-33(19-17-29)43(32-13-8-5-9-14-32,34-20-22-35(50-3)23-21-34)51-28-38-37(27-40(52-38)46-26-24-39(44-30(2)48)45-42(46)49)53-55-47-25-10-15-36(47)41(54-55)31-11-6-4-7-12-31/h4-9,11-14,16-24,26,36-38,40-41H,10,15,25,27-28H2,1-3H3,(H,44,45,48,49)/t36-,37?,38?,40?,41+,43?,55?/m1/s1. The second-order valence-corrected chi connectivity index (χ2v) is 15.6. The molecule has 8 rings (SSSR count). The predicted molar refractivity (Wildman–Crippen MR) is 210 cm³/mol. The van der Waals surface area contributed by atoms with Crippen LogP contribution in [0.3, 0.4) is 0 Å². The topological polar surface area (TPSA) is 113 Å². The van der Waals surface area contributed by atoms with E-state index in [1.165, 1.54) is 11.5 Å². The molecule has 3 aliphatic heterocycles. The lowest BCUT2D eigenvalue weighted by atomic mass is 9.79. The van der Waals surface area contributed by atoms with Crippen molar-refractivity contribution in [2.75, 3.05) is 25.6 Å². The van der Waals surface area contributed by atoms with Crippen LogP contribution in [0, 0.1) is 6.92 Å². The number of hydrogen-bond donors (Lipinski definition) is 1. The number of methoxy groups -OCH3 is 1. The van der Waals surface area contributed by atoms with Crippen molar-refractivity contribution in [2.24, 2.45) is 0 Å². The second kappa shape index (κ2) is 16.2. The third-order valence-electron chi connectivity index (χ3n) is 10.6. The summed E-state index contributed by atoms with van der Waals surface area (Å²) in [4.78, 5) is 29.2. The highest BCUT2D eigenvalue weighted by molar-refractivity contribution is 7.45. The summed E-state index contributed by atoms with van der Waals surface area (Å²) in [5.74, 6) is 0.605. The molecular weight excluding hydrogens is 715 g/mol. The molecular formula is C43H45N4O7P. The van der Waals surface area contributed by atoms with E-state index < -0.39 is 38.3 Å². The normalized spacial score (nSPS) is 24.6. The molecule has 0 bridgehead atoms. The number of aromatic nitrogens is 2. The molecule has 5 aromatic rings. The Balaban J connectivity index is 1.15. The smallest absolute Gasteiger partial charge is 0.351 e. The summed E-state index contributed by atoms with van der Waals surface area (Å²) >= 11 is 0. The van der Waals surface area contributed by atoms with Gasteiger partial charge in [0.15, 0.2) is 0 Å². The molecule has 12 heteroatoms. The van der Waals surface area contributed by atoms with Crippen molar-refractivity contribution in [3.63, 3.8) is 0 Å². The first-order valence-corrected chi connectivity index (χ1v) is 19.8. The largest absolute Gasteiger partial charge is 0.497 e. The van der Waals surface area contributed by atoms with Crippen LogP contribution >= 0.6 is 8.53 Å². The Labute approximate surface area is 322 Å². The molecule has 0 spiro atoms. The minimum atomic E-state index is -1.44. The van der Waals surface area contributed by atoms with E-state index in [-0.39, 0.29) is 30.5 Å². The van der Waals surface area contributed by atoms with Crippen LogP contribution in [0.25, 0.3) is 0 Å². The SMILES string of the molecule is COc1ccc(C(OCC2OC(n3ccc(NC(C)=O)nc3=O)CC2OP2O[C@@H](c3ccccc3)[C@H]3CCCN32)(c2ccccc2)c2ccc(C)cc2)cc1. The molecule has 1 amide bonds. The van der Waals surface area contributed by atoms with Gasteiger partial charge in [0, 0.05) is 32.1 Å². The number of nitrogens with zero attached hydrogens (tertiary/aromatic N) is 3. The van der Waals surface area contributed by atoms with Gasteiger partial charge in [-0.3, -0.25) is 9.36 Å². The maximum Gasteiger partial charge on any atom is 0.351 e. The van der Waals surface area contributed by atoms with E-state index in [0.717, 1.165) is 53.0 Å². The van der Waals surface area contributed by atoms with Gasteiger partial charge in [-0.2, -0.15) is 4.98 Å². The van der Waals surface area contributed by atoms with Crippen LogP contribution in [-0.4, -0.2) is 58.6 Å². The lowest BCUT2D eigenvalue weighted by Gasteiger charge is -2.37. The zero-order chi connectivity index (χ0) is 37.9. The van der Waals surface area contributed by atoms with Crippen LogP contribution in [0.2, 0.25) is 0 Å². The Morgan fingerprint density at radius 2 is 1.60 bits per heavy atom. The molecule has 4 aromatic carbocycles. The quantitative estimate of drug-likeness (QED) is 0.101. The van der Waals surface area contributed by atoms with Crippen molar-refractivity contribution in [1.82, 2.24) is 14.2 Å². The van der Waals surface area contributed by atoms with Gasteiger partial charge in [0.2, 0.25) is 5.91 Å². The number of aryl methyl sites for hydroxylation is 1. The number of rotatable bonds is 12. The van der Waals surface area contributed by atoms with Crippen LogP contribution < -0.4 is 15.7 Å². The van der Waals surface area contributed by atoms with Crippen LogP contribution in [0.4, 0.5) is 5.82 Å². The van der Waals surface area contributed by atoms with Crippen LogP contribution in [0.5, 0.6) is 5.75 Å². The minimum Gasteiger partial charge on any atom is -0.497 e. The van der Waals surface area contributed by atoms with E-state index in [4.69, 9.17) is 23.3 Å². The molecule has 3 saturated heterocycles. The zero-order valence-electron chi connectivity index (χ0n) is 31.1. The molecule has 0 radical (unpaired) electrons. The van der Waals surface area contributed by atoms with Gasteiger partial charge < -0.3 is 28.6 Å². The van der Waals surface area contributed by atoms with Crippen molar-refractivity contribution < 1.29 is 28.1 Å². The number of fused-ring (bicyclic) bond motifs is 1. The number of benzene rings is 4. The Bertz CT molecular complexity index is 2140. The van der Waals surface area contributed by atoms with Crippen LogP contribution in [0.15, 0.2) is 126 Å².